The van der Waals surface area contributed by atoms with Gasteiger partial charge in [-0.25, -0.2) is 0 Å². The third-order valence-electron chi connectivity index (χ3n) is 8.23. The smallest absolute Gasteiger partial charge is 0.155 e. The Balaban J connectivity index is 0.00000156. The molecule has 4 rings (SSSR count). The van der Waals surface area contributed by atoms with E-state index in [0.717, 1.165) is 37.5 Å². The second-order valence-corrected chi connectivity index (χ2v) is 9.16. The molecule has 126 valence electrons. The third-order valence-corrected chi connectivity index (χ3v) is 8.23. The molecule has 0 aromatic rings. The number of carbonyl (C=O) groups is 1. The Labute approximate surface area is 160 Å². The number of hydrogen-bond acceptors (Lipinski definition) is 2. The van der Waals surface area contributed by atoms with Gasteiger partial charge in [-0.2, -0.15) is 0 Å². The van der Waals surface area contributed by atoms with Gasteiger partial charge in [-0.05, 0) is 79.1 Å². The van der Waals surface area contributed by atoms with E-state index in [1.54, 1.807) is 0 Å². The zero-order valence-electron chi connectivity index (χ0n) is 14.8. The van der Waals surface area contributed by atoms with Gasteiger partial charge in [0, 0.05) is 33.7 Å². The molecule has 0 aromatic heterocycles. The molecule has 4 aliphatic rings. The molecule has 0 aromatic carbocycles. The number of fused-ring (bicyclic) bond motifs is 5. The van der Waals surface area contributed by atoms with E-state index in [1.165, 1.54) is 24.8 Å². The molecule has 0 saturated heterocycles. The number of allylic oxidation sites excluding steroid dienone is 1. The minimum Gasteiger partial charge on any atom is -0.393 e. The minimum atomic E-state index is -0.105. The zero-order valence-corrected chi connectivity index (χ0v) is 18.7. The molecular formula is C20H30O2Pb. The predicted octanol–water partition coefficient (Wildman–Crippen LogP) is 3.74. The van der Waals surface area contributed by atoms with E-state index in [-0.39, 0.29) is 44.2 Å². The summed E-state index contributed by atoms with van der Waals surface area (Å²) in [4.78, 5) is 11.8. The Hall–Kier alpha value is 0.292. The van der Waals surface area contributed by atoms with Crippen LogP contribution in [0.4, 0.5) is 0 Å². The summed E-state index contributed by atoms with van der Waals surface area (Å²) >= 11 is 0. The van der Waals surface area contributed by atoms with E-state index in [0.29, 0.717) is 17.6 Å². The maximum absolute atomic E-state index is 11.8. The molecule has 4 radical (unpaired) electrons. The van der Waals surface area contributed by atoms with Crippen molar-refractivity contribution in [2.75, 3.05) is 0 Å². The fourth-order valence-electron chi connectivity index (χ4n) is 7.07. The second kappa shape index (κ2) is 5.93. The summed E-state index contributed by atoms with van der Waals surface area (Å²) in [6, 6.07) is 0. The van der Waals surface area contributed by atoms with Gasteiger partial charge in [0.05, 0.1) is 6.10 Å². The average molecular weight is 510 g/mol. The molecule has 0 bridgehead atoms. The maximum Gasteiger partial charge on any atom is 0.155 e. The Morgan fingerprint density at radius 2 is 1.91 bits per heavy atom. The van der Waals surface area contributed by atoms with Crippen LogP contribution in [0.3, 0.4) is 0 Å². The molecule has 1 N–H and O–H groups in total. The van der Waals surface area contributed by atoms with Crippen molar-refractivity contribution >= 4 is 33.1 Å². The summed E-state index contributed by atoms with van der Waals surface area (Å²) < 4.78 is 0. The number of aliphatic hydroxyl groups is 1. The SMILES string of the molecule is CC1C[C@H](O)[C@@]2(C)CC[C@H]3[C@@H](CCC4=CC(=O)CC[C@@]43C)[C@H]12.[Pb]. The molecule has 0 heterocycles. The first-order valence-corrected chi connectivity index (χ1v) is 9.28. The van der Waals surface area contributed by atoms with Crippen LogP contribution in [0.15, 0.2) is 11.6 Å². The molecule has 0 aliphatic heterocycles. The number of carbonyl (C=O) groups excluding carboxylic acids is 1. The largest absolute Gasteiger partial charge is 0.393 e. The Morgan fingerprint density at radius 1 is 1.17 bits per heavy atom. The van der Waals surface area contributed by atoms with Crippen LogP contribution < -0.4 is 0 Å². The minimum absolute atomic E-state index is 0. The van der Waals surface area contributed by atoms with Crippen LogP contribution in [0.5, 0.6) is 0 Å². The summed E-state index contributed by atoms with van der Waals surface area (Å²) in [6.45, 7) is 7.14. The quantitative estimate of drug-likeness (QED) is 0.505. The van der Waals surface area contributed by atoms with E-state index in [9.17, 15) is 9.90 Å². The van der Waals surface area contributed by atoms with E-state index in [4.69, 9.17) is 0 Å². The van der Waals surface area contributed by atoms with E-state index >= 15 is 0 Å². The van der Waals surface area contributed by atoms with Crippen LogP contribution >= 0.6 is 0 Å². The summed E-state index contributed by atoms with van der Waals surface area (Å²) in [5.74, 6) is 3.15. The number of rotatable bonds is 0. The molecule has 3 fully saturated rings. The van der Waals surface area contributed by atoms with Gasteiger partial charge in [0.2, 0.25) is 0 Å². The Kier molecular flexibility index (Phi) is 4.66. The molecule has 0 spiro atoms. The zero-order chi connectivity index (χ0) is 15.7. The molecule has 2 nitrogen and oxygen atoms in total. The number of aliphatic hydroxyl groups excluding tert-OH is 1. The maximum atomic E-state index is 11.8. The predicted molar refractivity (Wildman–Crippen MR) is 93.0 cm³/mol. The molecule has 23 heavy (non-hydrogen) atoms. The van der Waals surface area contributed by atoms with Crippen molar-refractivity contribution in [2.45, 2.75) is 71.8 Å². The first kappa shape index (κ1) is 18.1. The Morgan fingerprint density at radius 3 is 2.65 bits per heavy atom. The fraction of sp³-hybridized carbons (Fsp3) is 0.850. The van der Waals surface area contributed by atoms with Crippen molar-refractivity contribution in [1.82, 2.24) is 0 Å². The number of hydrogen-bond donors (Lipinski definition) is 1. The molecular weight excluding hydrogens is 479 g/mol. The Bertz CT molecular complexity index is 542. The van der Waals surface area contributed by atoms with Crippen LogP contribution in [0.2, 0.25) is 0 Å². The van der Waals surface area contributed by atoms with Gasteiger partial charge in [-0.1, -0.05) is 26.3 Å². The van der Waals surface area contributed by atoms with Gasteiger partial charge >= 0.3 is 0 Å². The van der Waals surface area contributed by atoms with Gasteiger partial charge in [-0.3, -0.25) is 4.79 Å². The molecule has 7 atom stereocenters. The molecule has 3 saturated carbocycles. The van der Waals surface area contributed by atoms with Crippen molar-refractivity contribution in [2.24, 2.45) is 34.5 Å². The monoisotopic (exact) mass is 510 g/mol. The van der Waals surface area contributed by atoms with Crippen molar-refractivity contribution in [3.05, 3.63) is 11.6 Å². The van der Waals surface area contributed by atoms with E-state index in [2.05, 4.69) is 20.8 Å². The van der Waals surface area contributed by atoms with Crippen LogP contribution in [0.1, 0.15) is 65.7 Å². The fourth-order valence-corrected chi connectivity index (χ4v) is 7.07. The van der Waals surface area contributed by atoms with Crippen molar-refractivity contribution in [3.8, 4) is 0 Å². The topological polar surface area (TPSA) is 37.3 Å². The van der Waals surface area contributed by atoms with Gasteiger partial charge in [-0.15, -0.1) is 0 Å². The van der Waals surface area contributed by atoms with E-state index in [1.807, 2.05) is 6.08 Å². The summed E-state index contributed by atoms with van der Waals surface area (Å²) in [5.41, 5.74) is 1.84. The summed E-state index contributed by atoms with van der Waals surface area (Å²) in [7, 11) is 0. The molecule has 1 unspecified atom stereocenters. The van der Waals surface area contributed by atoms with Crippen LogP contribution in [0, 0.1) is 34.5 Å². The van der Waals surface area contributed by atoms with Gasteiger partial charge in [0.25, 0.3) is 0 Å². The average Bonchev–Trinajstić information content (AvgIpc) is 2.70. The second-order valence-electron chi connectivity index (χ2n) is 9.16. The summed E-state index contributed by atoms with van der Waals surface area (Å²) in [6.07, 6.45) is 9.41. The van der Waals surface area contributed by atoms with Crippen molar-refractivity contribution < 1.29 is 9.90 Å². The van der Waals surface area contributed by atoms with Gasteiger partial charge in [0.15, 0.2) is 5.78 Å². The van der Waals surface area contributed by atoms with Crippen LogP contribution in [-0.2, 0) is 4.79 Å². The number of ketones is 1. The summed E-state index contributed by atoms with van der Waals surface area (Å²) in [5, 5.41) is 10.6. The first-order chi connectivity index (χ1) is 10.4. The molecule has 3 heteroatoms. The van der Waals surface area contributed by atoms with E-state index < -0.39 is 0 Å². The standard InChI is InChI=1S/C20H30O2.Pb/c1-12-10-17(22)20(3)9-7-16-15(18(12)20)5-4-13-11-14(21)6-8-19(13,16)2;/h11-12,15-18,22H,4-10H2,1-3H3;/t12?,15-,16+,17+,18+,19+,20-;/m1./s1. The molecule has 0 amide bonds. The van der Waals surface area contributed by atoms with Crippen LogP contribution in [-0.4, -0.2) is 44.3 Å². The van der Waals surface area contributed by atoms with Crippen molar-refractivity contribution in [3.63, 3.8) is 0 Å². The normalized spacial score (nSPS) is 51.9. The van der Waals surface area contributed by atoms with Crippen LogP contribution in [0.25, 0.3) is 0 Å². The first-order valence-electron chi connectivity index (χ1n) is 9.28. The third kappa shape index (κ3) is 2.44. The van der Waals surface area contributed by atoms with Gasteiger partial charge in [0.1, 0.15) is 0 Å². The van der Waals surface area contributed by atoms with Gasteiger partial charge < -0.3 is 5.11 Å². The molecule has 4 aliphatic carbocycles. The van der Waals surface area contributed by atoms with Crippen molar-refractivity contribution in [1.29, 1.82) is 0 Å².